The molecule has 1 N–H and O–H groups in total. The second kappa shape index (κ2) is 9.57. The molecule has 6 aromatic carbocycles. The number of hydrogen-bond donors (Lipinski definition) is 1. The molecule has 0 bridgehead atoms. The lowest BCUT2D eigenvalue weighted by atomic mass is 9.66. The van der Waals surface area contributed by atoms with Gasteiger partial charge in [-0.1, -0.05) is 107 Å². The molecular formula is C38H24BrNO2. The number of rotatable bonds is 3. The number of anilines is 1. The number of hydrogen-bond acceptors (Lipinski definition) is 2. The fraction of sp³-hybridized carbons (Fsp3) is 0.0263. The maximum atomic E-state index is 13.2. The van der Waals surface area contributed by atoms with E-state index < -0.39 is 5.41 Å². The van der Waals surface area contributed by atoms with Gasteiger partial charge < -0.3 is 10.1 Å². The van der Waals surface area contributed by atoms with Crippen molar-refractivity contribution in [3.63, 3.8) is 0 Å². The van der Waals surface area contributed by atoms with Crippen LogP contribution in [0.5, 0.6) is 11.5 Å². The molecule has 1 heterocycles. The summed E-state index contributed by atoms with van der Waals surface area (Å²) in [6, 6.07) is 47.5. The molecule has 2 aliphatic rings. The van der Waals surface area contributed by atoms with Crippen LogP contribution in [0.25, 0.3) is 22.3 Å². The number of benzene rings is 6. The highest BCUT2D eigenvalue weighted by atomic mass is 79.9. The van der Waals surface area contributed by atoms with Gasteiger partial charge in [-0.3, -0.25) is 4.79 Å². The Morgan fingerprint density at radius 3 is 1.86 bits per heavy atom. The van der Waals surface area contributed by atoms with Crippen molar-refractivity contribution in [1.82, 2.24) is 0 Å². The molecular weight excluding hydrogens is 582 g/mol. The van der Waals surface area contributed by atoms with Crippen LogP contribution in [0.15, 0.2) is 144 Å². The van der Waals surface area contributed by atoms with Crippen LogP contribution in [-0.4, -0.2) is 5.91 Å². The van der Waals surface area contributed by atoms with E-state index in [9.17, 15) is 4.79 Å². The summed E-state index contributed by atoms with van der Waals surface area (Å²) >= 11 is 3.45. The van der Waals surface area contributed by atoms with E-state index in [4.69, 9.17) is 4.74 Å². The van der Waals surface area contributed by atoms with Gasteiger partial charge >= 0.3 is 0 Å². The van der Waals surface area contributed by atoms with E-state index in [1.165, 1.54) is 22.3 Å². The second-order valence-electron chi connectivity index (χ2n) is 10.7. The van der Waals surface area contributed by atoms with E-state index in [2.05, 4.69) is 106 Å². The van der Waals surface area contributed by atoms with Gasteiger partial charge in [0.25, 0.3) is 5.91 Å². The minimum atomic E-state index is -0.495. The molecule has 0 saturated heterocycles. The summed E-state index contributed by atoms with van der Waals surface area (Å²) in [6.45, 7) is 0. The summed E-state index contributed by atoms with van der Waals surface area (Å²) < 4.78 is 7.38. The first-order valence-corrected chi connectivity index (χ1v) is 14.7. The Balaban J connectivity index is 1.31. The number of halogens is 1. The molecule has 200 valence electrons. The Bertz CT molecular complexity index is 1980. The summed E-state index contributed by atoms with van der Waals surface area (Å²) in [5.41, 5.74) is 10.0. The lowest BCUT2D eigenvalue weighted by Crippen LogP contribution is -2.32. The third-order valence-corrected chi connectivity index (χ3v) is 8.97. The van der Waals surface area contributed by atoms with Gasteiger partial charge in [0.15, 0.2) is 0 Å². The molecule has 1 amide bonds. The van der Waals surface area contributed by atoms with Gasteiger partial charge in [0.2, 0.25) is 0 Å². The van der Waals surface area contributed by atoms with Crippen molar-refractivity contribution in [3.05, 3.63) is 172 Å². The molecule has 1 aliphatic carbocycles. The predicted molar refractivity (Wildman–Crippen MR) is 171 cm³/mol. The average Bonchev–Trinajstić information content (AvgIpc) is 3.32. The second-order valence-corrected chi connectivity index (χ2v) is 11.6. The highest BCUT2D eigenvalue weighted by molar-refractivity contribution is 9.10. The molecule has 8 rings (SSSR count). The summed E-state index contributed by atoms with van der Waals surface area (Å²) in [6.07, 6.45) is 0. The van der Waals surface area contributed by atoms with Crippen LogP contribution in [0.1, 0.15) is 32.6 Å². The van der Waals surface area contributed by atoms with Crippen molar-refractivity contribution in [1.29, 1.82) is 0 Å². The van der Waals surface area contributed by atoms with E-state index in [1.54, 1.807) is 0 Å². The van der Waals surface area contributed by atoms with Crippen LogP contribution < -0.4 is 10.1 Å². The van der Waals surface area contributed by atoms with Crippen LogP contribution in [-0.2, 0) is 5.41 Å². The monoisotopic (exact) mass is 605 g/mol. The van der Waals surface area contributed by atoms with Crippen molar-refractivity contribution >= 4 is 27.5 Å². The van der Waals surface area contributed by atoms with E-state index in [-0.39, 0.29) is 5.91 Å². The number of para-hydroxylation sites is 3. The van der Waals surface area contributed by atoms with Gasteiger partial charge in [-0.05, 0) is 76.3 Å². The fourth-order valence-corrected chi connectivity index (χ4v) is 6.93. The molecule has 0 aromatic heterocycles. The van der Waals surface area contributed by atoms with Crippen LogP contribution in [0.3, 0.4) is 0 Å². The zero-order chi connectivity index (χ0) is 28.3. The summed E-state index contributed by atoms with van der Waals surface area (Å²) in [5, 5.41) is 3.14. The Labute approximate surface area is 252 Å². The topological polar surface area (TPSA) is 38.3 Å². The predicted octanol–water partition coefficient (Wildman–Crippen LogP) is 9.84. The SMILES string of the molecule is O=C(Nc1ccccc1-c1ccc2c(c1)-c1ccccc1C21c2ccccc2Oc2ccccc21)c1ccc(Br)cc1. The smallest absolute Gasteiger partial charge is 0.255 e. The van der Waals surface area contributed by atoms with Gasteiger partial charge in [-0.2, -0.15) is 0 Å². The number of nitrogens with one attached hydrogen (secondary N) is 1. The third-order valence-electron chi connectivity index (χ3n) is 8.44. The molecule has 0 saturated carbocycles. The highest BCUT2D eigenvalue weighted by Gasteiger charge is 2.50. The Hall–Kier alpha value is -4.93. The number of fused-ring (bicyclic) bond motifs is 9. The van der Waals surface area contributed by atoms with Gasteiger partial charge in [-0.25, -0.2) is 0 Å². The Morgan fingerprint density at radius 2 is 1.14 bits per heavy atom. The maximum absolute atomic E-state index is 13.2. The van der Waals surface area contributed by atoms with Gasteiger partial charge in [0, 0.05) is 32.4 Å². The summed E-state index contributed by atoms with van der Waals surface area (Å²) in [4.78, 5) is 13.2. The molecule has 3 nitrogen and oxygen atoms in total. The minimum absolute atomic E-state index is 0.143. The van der Waals surface area contributed by atoms with E-state index >= 15 is 0 Å². The summed E-state index contributed by atoms with van der Waals surface area (Å²) in [5.74, 6) is 1.61. The number of carbonyl (C=O) groups is 1. The van der Waals surface area contributed by atoms with E-state index in [1.807, 2.05) is 54.6 Å². The molecule has 0 atom stereocenters. The normalized spacial score (nSPS) is 13.4. The lowest BCUT2D eigenvalue weighted by Gasteiger charge is -2.39. The largest absolute Gasteiger partial charge is 0.457 e. The highest BCUT2D eigenvalue weighted by Crippen LogP contribution is 2.62. The van der Waals surface area contributed by atoms with Crippen LogP contribution in [0.2, 0.25) is 0 Å². The minimum Gasteiger partial charge on any atom is -0.457 e. The molecule has 0 unspecified atom stereocenters. The fourth-order valence-electron chi connectivity index (χ4n) is 6.67. The maximum Gasteiger partial charge on any atom is 0.255 e. The first kappa shape index (κ1) is 24.8. The molecule has 0 fully saturated rings. The number of amides is 1. The van der Waals surface area contributed by atoms with Gasteiger partial charge in [0.05, 0.1) is 5.41 Å². The standard InChI is InChI=1S/C38H24BrNO2/c39-26-20-17-24(18-21-26)37(41)40-34-14-6-2-9-27(34)25-19-22-31-29(23-25)28-10-1-3-11-30(28)38(31)32-12-4-7-15-35(32)42-36-16-8-5-13-33(36)38/h1-23H,(H,40,41). The zero-order valence-electron chi connectivity index (χ0n) is 22.5. The van der Waals surface area contributed by atoms with Crippen molar-refractivity contribution in [2.24, 2.45) is 0 Å². The van der Waals surface area contributed by atoms with Crippen molar-refractivity contribution in [2.45, 2.75) is 5.41 Å². The Kier molecular flexibility index (Phi) is 5.66. The van der Waals surface area contributed by atoms with Crippen LogP contribution in [0.4, 0.5) is 5.69 Å². The number of ether oxygens (including phenoxy) is 1. The van der Waals surface area contributed by atoms with Crippen LogP contribution in [0, 0.1) is 0 Å². The van der Waals surface area contributed by atoms with E-state index in [0.29, 0.717) is 5.56 Å². The first-order valence-electron chi connectivity index (χ1n) is 13.9. The third kappa shape index (κ3) is 3.62. The molecule has 1 spiro atoms. The van der Waals surface area contributed by atoms with E-state index in [0.717, 1.165) is 43.9 Å². The average molecular weight is 607 g/mol. The molecule has 0 radical (unpaired) electrons. The molecule has 1 aliphatic heterocycles. The molecule has 4 heteroatoms. The lowest BCUT2D eigenvalue weighted by molar-refractivity contribution is 0.102. The van der Waals surface area contributed by atoms with Gasteiger partial charge in [-0.15, -0.1) is 0 Å². The van der Waals surface area contributed by atoms with Crippen LogP contribution >= 0.6 is 15.9 Å². The molecule has 42 heavy (non-hydrogen) atoms. The van der Waals surface area contributed by atoms with Crippen molar-refractivity contribution in [2.75, 3.05) is 5.32 Å². The quantitative estimate of drug-likeness (QED) is 0.217. The molecule has 6 aromatic rings. The summed E-state index contributed by atoms with van der Waals surface area (Å²) in [7, 11) is 0. The van der Waals surface area contributed by atoms with Crippen molar-refractivity contribution < 1.29 is 9.53 Å². The van der Waals surface area contributed by atoms with Gasteiger partial charge in [0.1, 0.15) is 11.5 Å². The first-order chi connectivity index (χ1) is 20.6. The Morgan fingerprint density at radius 1 is 0.571 bits per heavy atom. The van der Waals surface area contributed by atoms with Crippen molar-refractivity contribution in [3.8, 4) is 33.8 Å². The zero-order valence-corrected chi connectivity index (χ0v) is 24.1. The number of carbonyl (C=O) groups excluding carboxylic acids is 1.